The topological polar surface area (TPSA) is 48.2 Å². The highest BCUT2D eigenvalue weighted by Crippen LogP contribution is 2.49. The summed E-state index contributed by atoms with van der Waals surface area (Å²) < 4.78 is 12.9. The summed E-state index contributed by atoms with van der Waals surface area (Å²) in [6, 6.07) is 45.6. The summed E-state index contributed by atoms with van der Waals surface area (Å²) in [7, 11) is 0. The van der Waals surface area contributed by atoms with E-state index in [1.54, 1.807) is 0 Å². The maximum atomic E-state index is 6.56. The number of ether oxygens (including phenoxy) is 1. The summed E-state index contributed by atoms with van der Waals surface area (Å²) >= 11 is 0. The van der Waals surface area contributed by atoms with E-state index in [0.29, 0.717) is 11.4 Å². The molecular formula is C38H22N2O2. The fourth-order valence-corrected chi connectivity index (χ4v) is 6.14. The largest absolute Gasteiger partial charge is 0.456 e. The average Bonchev–Trinajstić information content (AvgIpc) is 3.44. The monoisotopic (exact) mass is 538 g/mol. The Labute approximate surface area is 241 Å². The Hall–Kier alpha value is -5.74. The lowest BCUT2D eigenvalue weighted by atomic mass is 9.91. The van der Waals surface area contributed by atoms with Gasteiger partial charge in [0, 0.05) is 27.5 Å². The molecule has 2 aromatic heterocycles. The smallest absolute Gasteiger partial charge is 0.180 e. The summed E-state index contributed by atoms with van der Waals surface area (Å²) in [5.41, 5.74) is 9.53. The number of fused-ring (bicyclic) bond motifs is 5. The van der Waals surface area contributed by atoms with Crippen LogP contribution in [0.5, 0.6) is 11.5 Å². The van der Waals surface area contributed by atoms with Gasteiger partial charge in [0.15, 0.2) is 11.4 Å². The van der Waals surface area contributed by atoms with Crippen molar-refractivity contribution in [3.8, 4) is 56.4 Å². The number of nitrogens with zero attached hydrogens (tertiary/aromatic N) is 2. The molecule has 9 rings (SSSR count). The number of rotatable bonds is 3. The van der Waals surface area contributed by atoms with Crippen molar-refractivity contribution in [1.82, 2.24) is 9.97 Å². The Balaban J connectivity index is 1.27. The molecule has 6 aromatic carbocycles. The van der Waals surface area contributed by atoms with E-state index in [1.807, 2.05) is 48.5 Å². The molecule has 0 saturated heterocycles. The molecule has 0 radical (unpaired) electrons. The van der Waals surface area contributed by atoms with Gasteiger partial charge in [-0.25, -0.2) is 9.97 Å². The maximum Gasteiger partial charge on any atom is 0.180 e. The van der Waals surface area contributed by atoms with E-state index >= 15 is 0 Å². The molecule has 0 unspecified atom stereocenters. The molecule has 0 saturated carbocycles. The van der Waals surface area contributed by atoms with Crippen molar-refractivity contribution in [3.63, 3.8) is 0 Å². The summed E-state index contributed by atoms with van der Waals surface area (Å²) in [6.07, 6.45) is 0. The van der Waals surface area contributed by atoms with E-state index in [1.165, 1.54) is 0 Å². The fraction of sp³-hybridized carbons (Fsp3) is 0. The number of benzene rings is 6. The van der Waals surface area contributed by atoms with Crippen LogP contribution < -0.4 is 4.74 Å². The zero-order valence-corrected chi connectivity index (χ0v) is 22.4. The molecule has 0 amide bonds. The van der Waals surface area contributed by atoms with Crippen LogP contribution in [-0.4, -0.2) is 9.97 Å². The highest BCUT2D eigenvalue weighted by atomic mass is 16.5. The van der Waals surface area contributed by atoms with E-state index in [2.05, 4.69) is 84.9 Å². The van der Waals surface area contributed by atoms with Crippen molar-refractivity contribution in [2.75, 3.05) is 0 Å². The number of aromatic nitrogens is 2. The molecule has 0 N–H and O–H groups in total. The number of hydrogen-bond donors (Lipinski definition) is 0. The van der Waals surface area contributed by atoms with Gasteiger partial charge in [0.25, 0.3) is 0 Å². The summed E-state index contributed by atoms with van der Waals surface area (Å²) in [5.74, 6) is 2.35. The number of furan rings is 1. The first-order valence-corrected chi connectivity index (χ1v) is 14.0. The standard InChI is InChI=1S/C38H22N2O2/c1-3-10-23(11-4-1)25-18-19-26-27-15-9-16-28-29(20-21-32(34(27)28)41-33(26)22-25)38-39-35(24-12-5-2-6-13-24)37-36(40-38)30-14-7-8-17-31(30)42-37/h1-22H. The Bertz CT molecular complexity index is 2320. The van der Waals surface area contributed by atoms with Gasteiger partial charge in [-0.3, -0.25) is 0 Å². The van der Waals surface area contributed by atoms with Crippen LogP contribution in [0.3, 0.4) is 0 Å². The Morgan fingerprint density at radius 3 is 2.07 bits per heavy atom. The van der Waals surface area contributed by atoms with E-state index in [0.717, 1.165) is 77.8 Å². The van der Waals surface area contributed by atoms with Crippen LogP contribution in [0.1, 0.15) is 0 Å². The van der Waals surface area contributed by atoms with Crippen molar-refractivity contribution in [2.24, 2.45) is 0 Å². The van der Waals surface area contributed by atoms with Crippen LogP contribution >= 0.6 is 0 Å². The zero-order chi connectivity index (χ0) is 27.6. The first-order valence-electron chi connectivity index (χ1n) is 14.0. The minimum atomic E-state index is 0.654. The van der Waals surface area contributed by atoms with Crippen LogP contribution in [0.4, 0.5) is 0 Å². The van der Waals surface area contributed by atoms with Gasteiger partial charge in [-0.1, -0.05) is 97.1 Å². The summed E-state index contributed by atoms with van der Waals surface area (Å²) in [6.45, 7) is 0. The molecule has 0 atom stereocenters. The van der Waals surface area contributed by atoms with Gasteiger partial charge in [-0.2, -0.15) is 0 Å². The fourth-order valence-electron chi connectivity index (χ4n) is 6.14. The third kappa shape index (κ3) is 3.42. The second-order valence-corrected chi connectivity index (χ2v) is 10.6. The molecule has 196 valence electrons. The Morgan fingerprint density at radius 2 is 1.21 bits per heavy atom. The molecule has 42 heavy (non-hydrogen) atoms. The second-order valence-electron chi connectivity index (χ2n) is 10.6. The van der Waals surface area contributed by atoms with Crippen molar-refractivity contribution in [3.05, 3.63) is 133 Å². The summed E-state index contributed by atoms with van der Waals surface area (Å²) in [5, 5.41) is 3.09. The van der Waals surface area contributed by atoms with Crippen LogP contribution in [0, 0.1) is 0 Å². The predicted octanol–water partition coefficient (Wildman–Crippen LogP) is 10.3. The first kappa shape index (κ1) is 23.0. The van der Waals surface area contributed by atoms with Crippen LogP contribution in [-0.2, 0) is 0 Å². The molecule has 8 aromatic rings. The lowest BCUT2D eigenvalue weighted by Gasteiger charge is -2.23. The minimum absolute atomic E-state index is 0.654. The zero-order valence-electron chi connectivity index (χ0n) is 22.4. The van der Waals surface area contributed by atoms with E-state index in [-0.39, 0.29) is 0 Å². The van der Waals surface area contributed by atoms with Crippen molar-refractivity contribution < 1.29 is 9.15 Å². The summed E-state index contributed by atoms with van der Waals surface area (Å²) in [4.78, 5) is 10.3. The first-order chi connectivity index (χ1) is 20.8. The van der Waals surface area contributed by atoms with Gasteiger partial charge in [-0.15, -0.1) is 0 Å². The molecule has 4 heteroatoms. The van der Waals surface area contributed by atoms with Gasteiger partial charge < -0.3 is 9.15 Å². The van der Waals surface area contributed by atoms with E-state index < -0.39 is 0 Å². The molecule has 4 nitrogen and oxygen atoms in total. The molecule has 0 fully saturated rings. The van der Waals surface area contributed by atoms with E-state index in [4.69, 9.17) is 19.1 Å². The molecule has 1 aliphatic rings. The Kier molecular flexibility index (Phi) is 4.87. The number of hydrogen-bond acceptors (Lipinski definition) is 4. The third-order valence-electron chi connectivity index (χ3n) is 8.11. The van der Waals surface area contributed by atoms with Gasteiger partial charge in [0.2, 0.25) is 0 Å². The third-order valence-corrected chi connectivity index (χ3v) is 8.11. The van der Waals surface area contributed by atoms with Crippen molar-refractivity contribution >= 4 is 32.8 Å². The lowest BCUT2D eigenvalue weighted by molar-refractivity contribution is 0.487. The molecule has 0 spiro atoms. The van der Waals surface area contributed by atoms with Gasteiger partial charge in [0.1, 0.15) is 28.3 Å². The number of para-hydroxylation sites is 1. The normalized spacial score (nSPS) is 12.0. The highest BCUT2D eigenvalue weighted by molar-refractivity contribution is 6.11. The lowest BCUT2D eigenvalue weighted by Crippen LogP contribution is -2.00. The van der Waals surface area contributed by atoms with Gasteiger partial charge in [0.05, 0.1) is 0 Å². The average molecular weight is 539 g/mol. The minimum Gasteiger partial charge on any atom is -0.456 e. The molecule has 0 aliphatic carbocycles. The molecule has 1 aliphatic heterocycles. The second kappa shape index (κ2) is 8.88. The van der Waals surface area contributed by atoms with Gasteiger partial charge in [-0.05, 0) is 58.5 Å². The van der Waals surface area contributed by atoms with Crippen LogP contribution in [0.2, 0.25) is 0 Å². The SMILES string of the molecule is c1ccc(-c2ccc3c(c2)Oc2ccc(-c4nc(-c5ccccc5)c5oc6ccccc6c5n4)c4cccc-3c24)cc1. The quantitative estimate of drug-likeness (QED) is 0.224. The van der Waals surface area contributed by atoms with Crippen molar-refractivity contribution in [1.29, 1.82) is 0 Å². The van der Waals surface area contributed by atoms with E-state index in [9.17, 15) is 0 Å². The maximum absolute atomic E-state index is 6.56. The molecule has 0 bridgehead atoms. The van der Waals surface area contributed by atoms with Crippen LogP contribution in [0.25, 0.3) is 77.7 Å². The highest BCUT2D eigenvalue weighted by Gasteiger charge is 2.24. The van der Waals surface area contributed by atoms with Crippen LogP contribution in [0.15, 0.2) is 138 Å². The molecular weight excluding hydrogens is 516 g/mol. The predicted molar refractivity (Wildman–Crippen MR) is 169 cm³/mol. The van der Waals surface area contributed by atoms with Crippen molar-refractivity contribution in [2.45, 2.75) is 0 Å². The Morgan fingerprint density at radius 1 is 0.476 bits per heavy atom. The molecule has 3 heterocycles. The van der Waals surface area contributed by atoms with Gasteiger partial charge >= 0.3 is 0 Å².